The zero-order valence-corrected chi connectivity index (χ0v) is 20.0. The van der Waals surface area contributed by atoms with Crippen LogP contribution in [0.3, 0.4) is 0 Å². The van der Waals surface area contributed by atoms with Crippen molar-refractivity contribution >= 4 is 47.2 Å². The lowest BCUT2D eigenvalue weighted by atomic mass is 9.97. The molecule has 0 aromatic heterocycles. The standard InChI is InChI=1S/C23H27Cl2N3O5/c1-23(2)15-9-28(18(30)11-33-17-4-3-13(24)8-16(17)25)20(19(15)23)22(32)27-14(10-29)7-12-5-6-26-21(12)31/h3-4,8,10,12,14-15,19-20H,5-7,9,11H2,1-2H3,(H,26,31)(H,27,32)/t12-,14-,15-,19-,20-/m0/s1. The van der Waals surface area contributed by atoms with E-state index in [1.807, 2.05) is 0 Å². The fourth-order valence-corrected chi connectivity index (χ4v) is 5.71. The zero-order valence-electron chi connectivity index (χ0n) is 18.5. The van der Waals surface area contributed by atoms with Crippen LogP contribution in [-0.2, 0) is 19.2 Å². The molecule has 5 atom stereocenters. The van der Waals surface area contributed by atoms with Gasteiger partial charge in [0.05, 0.1) is 11.1 Å². The van der Waals surface area contributed by atoms with Gasteiger partial charge >= 0.3 is 0 Å². The number of piperidine rings is 1. The van der Waals surface area contributed by atoms with Gasteiger partial charge in [-0.2, -0.15) is 0 Å². The second-order valence-electron chi connectivity index (χ2n) is 9.57. The number of nitrogens with zero attached hydrogens (tertiary/aromatic N) is 1. The maximum Gasteiger partial charge on any atom is 0.261 e. The van der Waals surface area contributed by atoms with Gasteiger partial charge in [0.2, 0.25) is 11.8 Å². The molecule has 0 radical (unpaired) electrons. The molecule has 3 fully saturated rings. The van der Waals surface area contributed by atoms with E-state index in [-0.39, 0.29) is 53.9 Å². The third-order valence-electron chi connectivity index (χ3n) is 7.24. The molecule has 2 saturated heterocycles. The Balaban J connectivity index is 1.42. The Hall–Kier alpha value is -2.32. The van der Waals surface area contributed by atoms with Crippen molar-refractivity contribution in [2.45, 2.75) is 38.8 Å². The largest absolute Gasteiger partial charge is 0.482 e. The summed E-state index contributed by atoms with van der Waals surface area (Å²) in [7, 11) is 0. The van der Waals surface area contributed by atoms with E-state index in [2.05, 4.69) is 24.5 Å². The first-order valence-electron chi connectivity index (χ1n) is 11.0. The molecule has 3 aliphatic rings. The van der Waals surface area contributed by atoms with E-state index in [0.29, 0.717) is 41.6 Å². The van der Waals surface area contributed by atoms with Crippen LogP contribution in [0.2, 0.25) is 10.0 Å². The van der Waals surface area contributed by atoms with E-state index in [1.165, 1.54) is 11.0 Å². The zero-order chi connectivity index (χ0) is 23.9. The summed E-state index contributed by atoms with van der Waals surface area (Å²) in [6.45, 7) is 4.90. The van der Waals surface area contributed by atoms with E-state index in [9.17, 15) is 19.2 Å². The highest BCUT2D eigenvalue weighted by atomic mass is 35.5. The molecule has 33 heavy (non-hydrogen) atoms. The molecule has 2 heterocycles. The van der Waals surface area contributed by atoms with Gasteiger partial charge in [-0.15, -0.1) is 0 Å². The van der Waals surface area contributed by atoms with Crippen LogP contribution in [0, 0.1) is 23.2 Å². The first-order chi connectivity index (χ1) is 15.6. The van der Waals surface area contributed by atoms with Gasteiger partial charge in [0.15, 0.2) is 6.61 Å². The van der Waals surface area contributed by atoms with E-state index in [4.69, 9.17) is 27.9 Å². The first kappa shape index (κ1) is 23.8. The van der Waals surface area contributed by atoms with E-state index < -0.39 is 12.1 Å². The summed E-state index contributed by atoms with van der Waals surface area (Å²) in [6.07, 6.45) is 1.54. The van der Waals surface area contributed by atoms with Gasteiger partial charge in [0, 0.05) is 24.0 Å². The Bertz CT molecular complexity index is 985. The van der Waals surface area contributed by atoms with Crippen molar-refractivity contribution in [3.8, 4) is 5.75 Å². The lowest BCUT2D eigenvalue weighted by Crippen LogP contribution is -2.53. The van der Waals surface area contributed by atoms with Crippen LogP contribution in [0.25, 0.3) is 0 Å². The molecule has 8 nitrogen and oxygen atoms in total. The van der Waals surface area contributed by atoms with Crippen LogP contribution in [0.1, 0.15) is 26.7 Å². The quantitative estimate of drug-likeness (QED) is 0.537. The number of hydrogen-bond acceptors (Lipinski definition) is 5. The third-order valence-corrected chi connectivity index (χ3v) is 7.77. The summed E-state index contributed by atoms with van der Waals surface area (Å²) in [5.74, 6) is -0.576. The normalized spacial score (nSPS) is 28.0. The number of halogens is 2. The number of benzene rings is 1. The highest BCUT2D eigenvalue weighted by Gasteiger charge is 2.69. The average molecular weight is 496 g/mol. The van der Waals surface area contributed by atoms with Gasteiger partial charge in [0.25, 0.3) is 5.91 Å². The van der Waals surface area contributed by atoms with E-state index >= 15 is 0 Å². The van der Waals surface area contributed by atoms with Gasteiger partial charge in [-0.25, -0.2) is 0 Å². The van der Waals surface area contributed by atoms with Crippen LogP contribution < -0.4 is 15.4 Å². The van der Waals surface area contributed by atoms with Crippen molar-refractivity contribution < 1.29 is 23.9 Å². The van der Waals surface area contributed by atoms with Crippen molar-refractivity contribution in [2.24, 2.45) is 23.2 Å². The number of fused-ring (bicyclic) bond motifs is 1. The first-order valence-corrected chi connectivity index (χ1v) is 11.8. The van der Waals surface area contributed by atoms with Crippen LogP contribution in [-0.4, -0.2) is 60.7 Å². The van der Waals surface area contributed by atoms with Crippen molar-refractivity contribution in [1.29, 1.82) is 0 Å². The number of amides is 3. The highest BCUT2D eigenvalue weighted by molar-refractivity contribution is 6.35. The topological polar surface area (TPSA) is 105 Å². The molecule has 0 bridgehead atoms. The summed E-state index contributed by atoms with van der Waals surface area (Å²) in [6, 6.07) is 3.24. The van der Waals surface area contributed by atoms with E-state index in [0.717, 1.165) is 0 Å². The molecular formula is C23H27Cl2N3O5. The number of hydrogen-bond donors (Lipinski definition) is 2. The minimum atomic E-state index is -0.784. The van der Waals surface area contributed by atoms with Crippen molar-refractivity contribution in [1.82, 2.24) is 15.5 Å². The predicted molar refractivity (Wildman–Crippen MR) is 122 cm³/mol. The number of nitrogens with one attached hydrogen (secondary N) is 2. The molecule has 10 heteroatoms. The summed E-state index contributed by atoms with van der Waals surface area (Å²) < 4.78 is 5.58. The molecule has 3 amide bonds. The number of carbonyl (C=O) groups is 4. The van der Waals surface area contributed by atoms with Crippen LogP contribution in [0.15, 0.2) is 18.2 Å². The number of likely N-dealkylation sites (tertiary alicyclic amines) is 1. The smallest absolute Gasteiger partial charge is 0.261 e. The van der Waals surface area contributed by atoms with Gasteiger partial charge in [-0.3, -0.25) is 14.4 Å². The van der Waals surface area contributed by atoms with Gasteiger partial charge in [-0.1, -0.05) is 37.0 Å². The fraction of sp³-hybridized carbons (Fsp3) is 0.565. The second-order valence-corrected chi connectivity index (χ2v) is 10.4. The maximum atomic E-state index is 13.2. The second kappa shape index (κ2) is 9.14. The van der Waals surface area contributed by atoms with Crippen LogP contribution >= 0.6 is 23.2 Å². The Morgan fingerprint density at radius 3 is 2.76 bits per heavy atom. The number of ether oxygens (including phenoxy) is 1. The number of rotatable bonds is 8. The molecule has 178 valence electrons. The lowest BCUT2D eigenvalue weighted by molar-refractivity contribution is -0.142. The fourth-order valence-electron chi connectivity index (χ4n) is 5.25. The molecule has 1 aliphatic carbocycles. The average Bonchev–Trinajstić information content (AvgIpc) is 3.12. The Kier molecular flexibility index (Phi) is 6.60. The maximum absolute atomic E-state index is 13.2. The minimum absolute atomic E-state index is 0.00245. The molecular weight excluding hydrogens is 469 g/mol. The summed E-state index contributed by atoms with van der Waals surface area (Å²) in [4.78, 5) is 51.3. The van der Waals surface area contributed by atoms with Crippen molar-refractivity contribution in [3.05, 3.63) is 28.2 Å². The molecule has 4 rings (SSSR count). The van der Waals surface area contributed by atoms with Gasteiger partial charge in [-0.05, 0) is 48.3 Å². The Morgan fingerprint density at radius 1 is 1.36 bits per heavy atom. The lowest BCUT2D eigenvalue weighted by Gasteiger charge is -2.31. The number of carbonyl (C=O) groups excluding carboxylic acids is 4. The summed E-state index contributed by atoms with van der Waals surface area (Å²) in [5.41, 5.74) is -0.0683. The monoisotopic (exact) mass is 495 g/mol. The molecule has 1 aromatic carbocycles. The Labute approximate surface area is 202 Å². The van der Waals surface area contributed by atoms with Gasteiger partial charge in [0.1, 0.15) is 18.1 Å². The minimum Gasteiger partial charge on any atom is -0.482 e. The number of aldehydes is 1. The van der Waals surface area contributed by atoms with Gasteiger partial charge < -0.3 is 25.1 Å². The third kappa shape index (κ3) is 4.68. The predicted octanol–water partition coefficient (Wildman–Crippen LogP) is 2.07. The molecule has 2 N–H and O–H groups in total. The van der Waals surface area contributed by atoms with Crippen molar-refractivity contribution in [2.75, 3.05) is 19.7 Å². The van der Waals surface area contributed by atoms with Crippen molar-refractivity contribution in [3.63, 3.8) is 0 Å². The molecule has 0 unspecified atom stereocenters. The Morgan fingerprint density at radius 2 is 2.12 bits per heavy atom. The molecule has 2 aliphatic heterocycles. The van der Waals surface area contributed by atoms with E-state index in [1.54, 1.807) is 12.1 Å². The summed E-state index contributed by atoms with van der Waals surface area (Å²) >= 11 is 12.0. The molecule has 1 aromatic rings. The van der Waals surface area contributed by atoms with Crippen LogP contribution in [0.4, 0.5) is 0 Å². The molecule has 1 saturated carbocycles. The molecule has 0 spiro atoms. The SMILES string of the molecule is CC1(C)[C@@H]2[C@@H](C(=O)N[C@H](C=O)C[C@@H]3CCNC3=O)N(C(=O)COc3ccc(Cl)cc3Cl)C[C@@H]21. The highest BCUT2D eigenvalue weighted by Crippen LogP contribution is 2.64. The van der Waals surface area contributed by atoms with Crippen LogP contribution in [0.5, 0.6) is 5.75 Å². The summed E-state index contributed by atoms with van der Waals surface area (Å²) in [5, 5.41) is 6.25.